The van der Waals surface area contributed by atoms with Crippen LogP contribution in [-0.4, -0.2) is 69.4 Å². The van der Waals surface area contributed by atoms with E-state index in [0.717, 1.165) is 0 Å². The Balaban J connectivity index is 1.76. The smallest absolute Gasteiger partial charge is 0.332 e. The average Bonchev–Trinajstić information content (AvgIpc) is 3.65. The first-order valence-corrected chi connectivity index (χ1v) is 13.5. The third-order valence-electron chi connectivity index (χ3n) is 7.17. The molecule has 0 bridgehead atoms. The predicted octanol–water partition coefficient (Wildman–Crippen LogP) is 1.69. The van der Waals surface area contributed by atoms with Crippen molar-refractivity contribution in [3.63, 3.8) is 0 Å². The lowest BCUT2D eigenvalue weighted by Crippen LogP contribution is -2.51. The number of benzene rings is 1. The van der Waals surface area contributed by atoms with Crippen molar-refractivity contribution in [1.29, 1.82) is 0 Å². The maximum absolute atomic E-state index is 14.4. The summed E-state index contributed by atoms with van der Waals surface area (Å²) < 4.78 is 33.9. The third kappa shape index (κ3) is 4.97. The molecule has 1 saturated heterocycles. The third-order valence-corrected chi connectivity index (χ3v) is 8.45. The molecule has 4 aromatic rings. The van der Waals surface area contributed by atoms with Gasteiger partial charge in [0.05, 0.1) is 50.2 Å². The summed E-state index contributed by atoms with van der Waals surface area (Å²) in [5, 5.41) is 22.5. The van der Waals surface area contributed by atoms with Gasteiger partial charge in [-0.25, -0.2) is 9.18 Å². The molecule has 0 spiro atoms. The second-order valence-electron chi connectivity index (χ2n) is 9.90. The fourth-order valence-electron chi connectivity index (χ4n) is 5.19. The van der Waals surface area contributed by atoms with E-state index in [9.17, 15) is 19.1 Å². The van der Waals surface area contributed by atoms with Crippen molar-refractivity contribution in [2.75, 3.05) is 34.0 Å². The first-order valence-electron chi connectivity index (χ1n) is 12.7. The molecule has 2 N–H and O–H groups in total. The topological polar surface area (TPSA) is 135 Å². The summed E-state index contributed by atoms with van der Waals surface area (Å²) in [6, 6.07) is 4.09. The van der Waals surface area contributed by atoms with Gasteiger partial charge in [0, 0.05) is 31.2 Å². The molecular formula is C26H31FN6O6S. The van der Waals surface area contributed by atoms with E-state index in [2.05, 4.69) is 15.5 Å². The van der Waals surface area contributed by atoms with Crippen molar-refractivity contribution >= 4 is 21.6 Å². The number of ether oxygens (including phenoxy) is 3. The first kappa shape index (κ1) is 28.1. The summed E-state index contributed by atoms with van der Waals surface area (Å²) in [7, 11) is 3.01. The van der Waals surface area contributed by atoms with E-state index in [1.54, 1.807) is 13.8 Å². The lowest BCUT2D eigenvalue weighted by molar-refractivity contribution is 0.00622. The molecule has 0 amide bonds. The van der Waals surface area contributed by atoms with E-state index < -0.39 is 34.9 Å². The normalized spacial score (nSPS) is 19.9. The molecule has 1 fully saturated rings. The quantitative estimate of drug-likeness (QED) is 0.271. The van der Waals surface area contributed by atoms with E-state index in [1.807, 2.05) is 0 Å². The number of halogens is 1. The van der Waals surface area contributed by atoms with Crippen LogP contribution in [0.2, 0.25) is 0 Å². The van der Waals surface area contributed by atoms with E-state index in [1.165, 1.54) is 70.1 Å². The fraction of sp³-hybridized carbons (Fsp3) is 0.462. The molecule has 1 aliphatic heterocycles. The van der Waals surface area contributed by atoms with Crippen molar-refractivity contribution in [2.24, 2.45) is 0 Å². The van der Waals surface area contributed by atoms with Gasteiger partial charge in [0.15, 0.2) is 0 Å². The molecule has 4 heterocycles. The van der Waals surface area contributed by atoms with Gasteiger partial charge in [-0.2, -0.15) is 10.2 Å². The zero-order chi connectivity index (χ0) is 28.6. The van der Waals surface area contributed by atoms with Gasteiger partial charge in [-0.3, -0.25) is 19.2 Å². The van der Waals surface area contributed by atoms with E-state index >= 15 is 0 Å². The fourth-order valence-corrected chi connectivity index (χ4v) is 6.41. The van der Waals surface area contributed by atoms with E-state index in [0.29, 0.717) is 32.1 Å². The molecule has 40 heavy (non-hydrogen) atoms. The van der Waals surface area contributed by atoms with Crippen molar-refractivity contribution in [1.82, 2.24) is 29.4 Å². The Morgan fingerprint density at radius 3 is 2.65 bits per heavy atom. The second-order valence-corrected chi connectivity index (χ2v) is 10.9. The van der Waals surface area contributed by atoms with Crippen LogP contribution in [0.1, 0.15) is 30.6 Å². The van der Waals surface area contributed by atoms with Gasteiger partial charge in [0.2, 0.25) is 0 Å². The number of aromatic nitrogens is 5. The molecule has 0 radical (unpaired) electrons. The number of aliphatic hydroxyl groups is 1. The Hall–Kier alpha value is -3.43. The number of hydrogen-bond acceptors (Lipinski definition) is 10. The average molecular weight is 575 g/mol. The van der Waals surface area contributed by atoms with Crippen molar-refractivity contribution < 1.29 is 23.7 Å². The zero-order valence-corrected chi connectivity index (χ0v) is 23.4. The number of thiophene rings is 1. The van der Waals surface area contributed by atoms with Gasteiger partial charge >= 0.3 is 5.69 Å². The molecule has 1 aliphatic rings. The van der Waals surface area contributed by atoms with Gasteiger partial charge in [-0.05, 0) is 32.0 Å². The molecule has 1 unspecified atom stereocenters. The maximum atomic E-state index is 14.4. The number of nitrogens with one attached hydrogen (secondary N) is 1. The van der Waals surface area contributed by atoms with Crippen molar-refractivity contribution in [2.45, 2.75) is 44.7 Å². The predicted molar refractivity (Wildman–Crippen MR) is 146 cm³/mol. The molecule has 0 saturated carbocycles. The number of hydrogen-bond donors (Lipinski definition) is 2. The Morgan fingerprint density at radius 1 is 1.25 bits per heavy atom. The molecular weight excluding hydrogens is 543 g/mol. The van der Waals surface area contributed by atoms with Crippen LogP contribution in [0.15, 0.2) is 40.2 Å². The molecule has 12 nitrogen and oxygen atoms in total. The van der Waals surface area contributed by atoms with Crippen LogP contribution < -0.4 is 21.3 Å². The molecule has 3 atom stereocenters. The lowest BCUT2D eigenvalue weighted by atomic mass is 10.0. The Labute approximate surface area is 232 Å². The SMILES string of the molecule is COCCO[C@@H](Cn1c(=O)n([C@@]2(C)CNC(O)C2)c(=O)c2c(C)c(-n3nccn3)sc21)c1cc(F)ccc1OC. The monoisotopic (exact) mass is 574 g/mol. The summed E-state index contributed by atoms with van der Waals surface area (Å²) in [5.41, 5.74) is -1.03. The van der Waals surface area contributed by atoms with E-state index in [-0.39, 0.29) is 32.7 Å². The number of nitrogens with zero attached hydrogens (tertiary/aromatic N) is 5. The molecule has 3 aromatic heterocycles. The minimum atomic E-state index is -0.995. The van der Waals surface area contributed by atoms with Gasteiger partial charge in [-0.1, -0.05) is 11.3 Å². The number of fused-ring (bicyclic) bond motifs is 1. The Morgan fingerprint density at radius 2 is 2.00 bits per heavy atom. The minimum Gasteiger partial charge on any atom is -0.496 e. The summed E-state index contributed by atoms with van der Waals surface area (Å²) in [5.74, 6) is -0.101. The minimum absolute atomic E-state index is 0.0584. The zero-order valence-electron chi connectivity index (χ0n) is 22.6. The number of methoxy groups -OCH3 is 2. The first-order chi connectivity index (χ1) is 19.2. The van der Waals surface area contributed by atoms with Crippen LogP contribution in [0.4, 0.5) is 4.39 Å². The largest absolute Gasteiger partial charge is 0.496 e. The summed E-state index contributed by atoms with van der Waals surface area (Å²) in [4.78, 5) is 30.0. The molecule has 0 aliphatic carbocycles. The van der Waals surface area contributed by atoms with Crippen LogP contribution in [0.5, 0.6) is 5.75 Å². The molecule has 1 aromatic carbocycles. The van der Waals surface area contributed by atoms with Gasteiger partial charge < -0.3 is 19.3 Å². The second kappa shape index (κ2) is 11.2. The van der Waals surface area contributed by atoms with E-state index in [4.69, 9.17) is 14.2 Å². The van der Waals surface area contributed by atoms with Crippen LogP contribution >= 0.6 is 11.3 Å². The molecule has 14 heteroatoms. The Bertz CT molecular complexity index is 1630. The summed E-state index contributed by atoms with van der Waals surface area (Å²) >= 11 is 1.20. The number of aryl methyl sites for hydroxylation is 1. The molecule has 5 rings (SSSR count). The Kier molecular flexibility index (Phi) is 7.88. The van der Waals surface area contributed by atoms with Gasteiger partial charge in [0.25, 0.3) is 5.56 Å². The van der Waals surface area contributed by atoms with Crippen molar-refractivity contribution in [3.8, 4) is 10.8 Å². The lowest BCUT2D eigenvalue weighted by Gasteiger charge is -2.27. The maximum Gasteiger partial charge on any atom is 0.332 e. The summed E-state index contributed by atoms with van der Waals surface area (Å²) in [6.07, 6.45) is 1.52. The number of rotatable bonds is 10. The highest BCUT2D eigenvalue weighted by Gasteiger charge is 2.40. The highest BCUT2D eigenvalue weighted by Crippen LogP contribution is 2.35. The van der Waals surface area contributed by atoms with Crippen LogP contribution in [0.25, 0.3) is 15.2 Å². The number of aliphatic hydroxyl groups excluding tert-OH is 1. The van der Waals surface area contributed by atoms with Crippen LogP contribution in [0.3, 0.4) is 0 Å². The highest BCUT2D eigenvalue weighted by molar-refractivity contribution is 7.21. The standard InChI is InChI=1S/C26H31FN6O6S/c1-15-21-22(35)32(26(2)12-20(34)28-14-26)25(36)31(24(21)40-23(15)33-29-7-8-30-33)13-19(39-10-9-37-3)17-11-16(27)5-6-18(17)38-4/h5-8,11,19-20,28,34H,9-10,12-14H2,1-4H3/t19-,20?,26+/m0/s1. The molecule has 214 valence electrons. The van der Waals surface area contributed by atoms with Crippen LogP contribution in [0, 0.1) is 12.7 Å². The highest BCUT2D eigenvalue weighted by atomic mass is 32.1. The summed E-state index contributed by atoms with van der Waals surface area (Å²) in [6.45, 7) is 4.14. The van der Waals surface area contributed by atoms with Crippen LogP contribution in [-0.2, 0) is 21.6 Å². The van der Waals surface area contributed by atoms with Gasteiger partial charge in [0.1, 0.15) is 33.7 Å². The van der Waals surface area contributed by atoms with Crippen molar-refractivity contribution in [3.05, 3.63) is 68.4 Å². The van der Waals surface area contributed by atoms with Gasteiger partial charge in [-0.15, -0.1) is 4.80 Å².